The molecule has 3 heterocycles. The second-order valence-electron chi connectivity index (χ2n) is 5.21. The summed E-state index contributed by atoms with van der Waals surface area (Å²) in [6.07, 6.45) is 6.67. The molecular weight excluding hydrogens is 424 g/mol. The summed E-state index contributed by atoms with van der Waals surface area (Å²) >= 11 is 10.9. The van der Waals surface area contributed by atoms with E-state index in [9.17, 15) is 4.79 Å². The molecule has 0 fully saturated rings. The first kappa shape index (κ1) is 18.0. The van der Waals surface area contributed by atoms with Gasteiger partial charge >= 0.3 is 0 Å². The number of carbonyl (C=O) groups excluding carboxylic acids is 1. The lowest BCUT2D eigenvalue weighted by Gasteiger charge is -2.06. The fourth-order valence-electron chi connectivity index (χ4n) is 2.20. The van der Waals surface area contributed by atoms with E-state index in [2.05, 4.69) is 36.2 Å². The average molecular weight is 438 g/mol. The normalized spacial score (nSPS) is 10.6. The number of rotatable bonds is 6. The van der Waals surface area contributed by atoms with Crippen LogP contribution in [0.1, 0.15) is 21.8 Å². The predicted octanol–water partition coefficient (Wildman–Crippen LogP) is 4.38. The van der Waals surface area contributed by atoms with Crippen LogP contribution in [0.2, 0.25) is 5.15 Å². The summed E-state index contributed by atoms with van der Waals surface area (Å²) < 4.78 is 0.716. The summed E-state index contributed by atoms with van der Waals surface area (Å²) in [6.45, 7) is 0.547. The fraction of sp³-hybridized carbons (Fsp3) is 0.176. The van der Waals surface area contributed by atoms with Crippen molar-refractivity contribution in [2.75, 3.05) is 6.54 Å². The van der Waals surface area contributed by atoms with Crippen LogP contribution in [0.3, 0.4) is 0 Å². The lowest BCUT2D eigenvalue weighted by Crippen LogP contribution is -2.25. The molecule has 3 aromatic heterocycles. The molecule has 1 N–H and O–H groups in total. The molecule has 3 aromatic rings. The Bertz CT molecular complexity index is 872. The number of hydrogen-bond donors (Lipinski definition) is 1. The molecule has 0 spiro atoms. The highest BCUT2D eigenvalue weighted by atomic mass is 79.9. The van der Waals surface area contributed by atoms with Gasteiger partial charge in [-0.3, -0.25) is 9.78 Å². The third-order valence-electron chi connectivity index (χ3n) is 3.43. The third-order valence-corrected chi connectivity index (χ3v) is 5.07. The molecule has 0 saturated carbocycles. The molecule has 0 aromatic carbocycles. The van der Waals surface area contributed by atoms with Crippen molar-refractivity contribution in [3.05, 3.63) is 62.4 Å². The number of aryl methyl sites for hydroxylation is 1. The van der Waals surface area contributed by atoms with Gasteiger partial charge in [-0.15, -0.1) is 11.3 Å². The fourth-order valence-corrected chi connectivity index (χ4v) is 3.57. The van der Waals surface area contributed by atoms with Crippen LogP contribution < -0.4 is 5.32 Å². The van der Waals surface area contributed by atoms with Crippen molar-refractivity contribution >= 4 is 44.8 Å². The first-order valence-electron chi connectivity index (χ1n) is 7.57. The Morgan fingerprint density at radius 3 is 2.92 bits per heavy atom. The van der Waals surface area contributed by atoms with Crippen LogP contribution in [0.25, 0.3) is 11.3 Å². The molecule has 0 bridgehead atoms. The Kier molecular flexibility index (Phi) is 6.12. The van der Waals surface area contributed by atoms with E-state index in [-0.39, 0.29) is 11.1 Å². The molecule has 1 amide bonds. The molecule has 0 aliphatic heterocycles. The second-order valence-corrected chi connectivity index (χ2v) is 7.43. The molecule has 5 nitrogen and oxygen atoms in total. The van der Waals surface area contributed by atoms with Gasteiger partial charge in [-0.2, -0.15) is 0 Å². The zero-order valence-electron chi connectivity index (χ0n) is 13.1. The van der Waals surface area contributed by atoms with Gasteiger partial charge < -0.3 is 5.32 Å². The predicted molar refractivity (Wildman–Crippen MR) is 103 cm³/mol. The number of amides is 1. The molecule has 8 heteroatoms. The van der Waals surface area contributed by atoms with Crippen molar-refractivity contribution in [2.24, 2.45) is 0 Å². The van der Waals surface area contributed by atoms with E-state index in [4.69, 9.17) is 11.6 Å². The quantitative estimate of drug-likeness (QED) is 0.459. The number of nitrogens with one attached hydrogen (secondary N) is 1. The average Bonchev–Trinajstić information content (AvgIpc) is 3.10. The first-order valence-corrected chi connectivity index (χ1v) is 9.62. The topological polar surface area (TPSA) is 67.8 Å². The van der Waals surface area contributed by atoms with Crippen LogP contribution >= 0.6 is 38.9 Å². The Morgan fingerprint density at radius 1 is 1.32 bits per heavy atom. The van der Waals surface area contributed by atoms with Crippen molar-refractivity contribution in [1.82, 2.24) is 20.3 Å². The molecule has 128 valence electrons. The molecule has 0 aliphatic rings. The van der Waals surface area contributed by atoms with Crippen LogP contribution in [0.4, 0.5) is 0 Å². The lowest BCUT2D eigenvalue weighted by molar-refractivity contribution is 0.0953. The maximum Gasteiger partial charge on any atom is 0.254 e. The van der Waals surface area contributed by atoms with Gasteiger partial charge in [0.15, 0.2) is 0 Å². The van der Waals surface area contributed by atoms with Gasteiger partial charge in [0.25, 0.3) is 5.91 Å². The SMILES string of the molecule is O=C(NCCCc1nc(-c2ccncc2)cs1)c1cc(Br)cnc1Cl. The number of thiazole rings is 1. The number of hydrogen-bond acceptors (Lipinski definition) is 5. The number of pyridine rings is 2. The van der Waals surface area contributed by atoms with E-state index in [1.807, 2.05) is 17.5 Å². The maximum atomic E-state index is 12.1. The largest absolute Gasteiger partial charge is 0.352 e. The lowest BCUT2D eigenvalue weighted by atomic mass is 10.2. The van der Waals surface area contributed by atoms with E-state index in [0.29, 0.717) is 16.6 Å². The summed E-state index contributed by atoms with van der Waals surface area (Å²) in [5.74, 6) is -0.226. The van der Waals surface area contributed by atoms with Crippen molar-refractivity contribution < 1.29 is 4.79 Å². The number of halogens is 2. The maximum absolute atomic E-state index is 12.1. The van der Waals surface area contributed by atoms with E-state index in [1.165, 1.54) is 0 Å². The van der Waals surface area contributed by atoms with E-state index < -0.39 is 0 Å². The molecular formula is C17H14BrClN4OS. The number of aromatic nitrogens is 3. The summed E-state index contributed by atoms with van der Waals surface area (Å²) in [4.78, 5) is 24.7. The van der Waals surface area contributed by atoms with Crippen LogP contribution in [-0.2, 0) is 6.42 Å². The Balaban J connectivity index is 1.50. The standard InChI is InChI=1S/C17H14BrClN4OS/c18-12-8-13(16(19)22-9-12)17(24)21-5-1-2-15-23-14(10-25-15)11-3-6-20-7-4-11/h3-4,6-10H,1-2,5H2,(H,21,24). The number of nitrogens with zero attached hydrogens (tertiary/aromatic N) is 3. The molecule has 0 atom stereocenters. The van der Waals surface area contributed by atoms with Crippen molar-refractivity contribution in [3.8, 4) is 11.3 Å². The smallest absolute Gasteiger partial charge is 0.254 e. The highest BCUT2D eigenvalue weighted by molar-refractivity contribution is 9.10. The van der Waals surface area contributed by atoms with Gasteiger partial charge in [-0.25, -0.2) is 9.97 Å². The summed E-state index contributed by atoms with van der Waals surface area (Å²) in [7, 11) is 0. The van der Waals surface area contributed by atoms with Crippen molar-refractivity contribution in [1.29, 1.82) is 0 Å². The molecule has 0 aliphatic carbocycles. The summed E-state index contributed by atoms with van der Waals surface area (Å²) in [5.41, 5.74) is 2.38. The minimum absolute atomic E-state index is 0.197. The molecule has 0 radical (unpaired) electrons. The van der Waals surface area contributed by atoms with Gasteiger partial charge in [-0.1, -0.05) is 11.6 Å². The van der Waals surface area contributed by atoms with E-state index in [0.717, 1.165) is 29.1 Å². The van der Waals surface area contributed by atoms with Gasteiger partial charge in [0.1, 0.15) is 5.15 Å². The zero-order valence-corrected chi connectivity index (χ0v) is 16.2. The minimum Gasteiger partial charge on any atom is -0.352 e. The first-order chi connectivity index (χ1) is 12.1. The summed E-state index contributed by atoms with van der Waals surface area (Å²) in [6, 6.07) is 5.54. The number of carbonyl (C=O) groups is 1. The van der Waals surface area contributed by atoms with Gasteiger partial charge in [0.2, 0.25) is 0 Å². The van der Waals surface area contributed by atoms with Crippen LogP contribution in [-0.4, -0.2) is 27.4 Å². The zero-order chi connectivity index (χ0) is 17.6. The Morgan fingerprint density at radius 2 is 2.12 bits per heavy atom. The van der Waals surface area contributed by atoms with Crippen LogP contribution in [0.5, 0.6) is 0 Å². The Labute approximate surface area is 162 Å². The monoisotopic (exact) mass is 436 g/mol. The second kappa shape index (κ2) is 8.51. The van der Waals surface area contributed by atoms with Crippen molar-refractivity contribution in [3.63, 3.8) is 0 Å². The van der Waals surface area contributed by atoms with E-state index in [1.54, 1.807) is 36.0 Å². The highest BCUT2D eigenvalue weighted by Crippen LogP contribution is 2.22. The van der Waals surface area contributed by atoms with Gasteiger partial charge in [-0.05, 0) is 40.5 Å². The molecule has 0 saturated heterocycles. The highest BCUT2D eigenvalue weighted by Gasteiger charge is 2.11. The van der Waals surface area contributed by atoms with Crippen molar-refractivity contribution in [2.45, 2.75) is 12.8 Å². The molecule has 0 unspecified atom stereocenters. The van der Waals surface area contributed by atoms with Gasteiger partial charge in [0.05, 0.1) is 16.3 Å². The van der Waals surface area contributed by atoms with Crippen LogP contribution in [0.15, 0.2) is 46.6 Å². The van der Waals surface area contributed by atoms with Gasteiger partial charge in [0, 0.05) is 47.0 Å². The van der Waals surface area contributed by atoms with Crippen LogP contribution in [0, 0.1) is 0 Å². The minimum atomic E-state index is -0.226. The van der Waals surface area contributed by atoms with E-state index >= 15 is 0 Å². The summed E-state index contributed by atoms with van der Waals surface area (Å²) in [5, 5.41) is 6.14. The molecule has 25 heavy (non-hydrogen) atoms. The Hall–Kier alpha value is -1.83. The third kappa shape index (κ3) is 4.84. The molecule has 3 rings (SSSR count).